The normalized spacial score (nSPS) is 13.0. The Labute approximate surface area is 333 Å². The maximum absolute atomic E-state index is 13.5. The number of hydroxylamine groups is 2. The lowest BCUT2D eigenvalue weighted by molar-refractivity contribution is -0.171. The van der Waals surface area contributed by atoms with Gasteiger partial charge in [-0.05, 0) is 61.7 Å². The molecule has 0 aliphatic carbocycles. The molecule has 0 aliphatic rings. The number of hydrogen-bond donors (Lipinski definition) is 3. The van der Waals surface area contributed by atoms with E-state index in [1.165, 1.54) is 12.7 Å². The van der Waals surface area contributed by atoms with Crippen molar-refractivity contribution in [3.05, 3.63) is 113 Å². The van der Waals surface area contributed by atoms with Crippen LogP contribution in [-0.2, 0) is 30.1 Å². The highest BCUT2D eigenvalue weighted by Crippen LogP contribution is 2.42. The molecule has 0 saturated carbocycles. The third kappa shape index (κ3) is 13.2. The largest absolute Gasteiger partial charge is 0.493 e. The Kier molecular flexibility index (Phi) is 17.1. The minimum atomic E-state index is -3.16. The van der Waals surface area contributed by atoms with Crippen LogP contribution in [0.4, 0.5) is 0 Å². The molecule has 0 radical (unpaired) electrons. The van der Waals surface area contributed by atoms with Crippen molar-refractivity contribution in [1.82, 2.24) is 21.0 Å². The lowest BCUT2D eigenvalue weighted by atomic mass is 9.90. The third-order valence-corrected chi connectivity index (χ3v) is 10.4. The van der Waals surface area contributed by atoms with Gasteiger partial charge < -0.3 is 34.5 Å². The predicted octanol–water partition coefficient (Wildman–Crippen LogP) is 7.17. The van der Waals surface area contributed by atoms with Crippen LogP contribution in [0.1, 0.15) is 89.7 Å². The Bertz CT molecular complexity index is 1990. The second-order valence-corrected chi connectivity index (χ2v) is 15.9. The summed E-state index contributed by atoms with van der Waals surface area (Å²) < 4.78 is 30.2. The number of ether oxygens (including phenoxy) is 1. The average Bonchev–Trinajstić information content (AvgIpc) is 3.73. The molecular formula is C42H51N4O10P. The molecule has 0 aliphatic heterocycles. The van der Waals surface area contributed by atoms with E-state index >= 15 is 0 Å². The van der Waals surface area contributed by atoms with E-state index in [-0.39, 0.29) is 48.8 Å². The third-order valence-electron chi connectivity index (χ3n) is 8.99. The maximum atomic E-state index is 13.5. The van der Waals surface area contributed by atoms with Crippen molar-refractivity contribution in [2.75, 3.05) is 26.2 Å². The Morgan fingerprint density at radius 1 is 0.860 bits per heavy atom. The highest BCUT2D eigenvalue weighted by Gasteiger charge is 2.33. The number of unbranched alkanes of at least 4 members (excludes halogenated alkanes) is 2. The van der Waals surface area contributed by atoms with E-state index in [1.807, 2.05) is 37.3 Å². The average molecular weight is 803 g/mol. The summed E-state index contributed by atoms with van der Waals surface area (Å²) in [6.07, 6.45) is 3.45. The molecule has 3 N–H and O–H groups in total. The molecule has 57 heavy (non-hydrogen) atoms. The Morgan fingerprint density at radius 3 is 2.25 bits per heavy atom. The molecule has 0 saturated heterocycles. The number of furan rings is 1. The number of hydrogen-bond acceptors (Lipinski definition) is 10. The van der Waals surface area contributed by atoms with Gasteiger partial charge in [-0.1, -0.05) is 87.7 Å². The molecule has 4 aromatic rings. The molecule has 4 amide bonds. The van der Waals surface area contributed by atoms with Gasteiger partial charge in [0.2, 0.25) is 19.7 Å². The first-order valence-electron chi connectivity index (χ1n) is 19.0. The fraction of sp³-hybridized carbons (Fsp3) is 0.357. The molecule has 0 bridgehead atoms. The van der Waals surface area contributed by atoms with E-state index in [1.54, 1.807) is 68.4 Å². The monoisotopic (exact) mass is 802 g/mol. The molecule has 15 heteroatoms. The Hall–Kier alpha value is -5.72. The summed E-state index contributed by atoms with van der Waals surface area (Å²) in [7, 11) is -3.16. The van der Waals surface area contributed by atoms with Gasteiger partial charge >= 0.3 is 5.97 Å². The van der Waals surface area contributed by atoms with Crippen molar-refractivity contribution in [1.29, 1.82) is 0 Å². The summed E-state index contributed by atoms with van der Waals surface area (Å²) in [5.41, 5.74) is 1.87. The van der Waals surface area contributed by atoms with Crippen LogP contribution in [0.2, 0.25) is 0 Å². The number of benzene rings is 3. The molecule has 3 aromatic carbocycles. The molecule has 1 unspecified atom stereocenters. The minimum absolute atomic E-state index is 0.0286. The van der Waals surface area contributed by atoms with Crippen molar-refractivity contribution in [3.8, 4) is 17.1 Å². The Balaban J connectivity index is 1.36. The predicted molar refractivity (Wildman–Crippen MR) is 214 cm³/mol. The van der Waals surface area contributed by atoms with E-state index in [2.05, 4.69) is 16.0 Å². The van der Waals surface area contributed by atoms with Gasteiger partial charge in [0.05, 0.1) is 49.3 Å². The van der Waals surface area contributed by atoms with Crippen LogP contribution in [0.15, 0.2) is 95.4 Å². The Morgan fingerprint density at radius 2 is 1.58 bits per heavy atom. The van der Waals surface area contributed by atoms with E-state index in [0.717, 1.165) is 23.5 Å². The highest BCUT2D eigenvalue weighted by molar-refractivity contribution is 7.58. The molecule has 4 rings (SSSR count). The molecular weight excluding hydrogens is 751 g/mol. The van der Waals surface area contributed by atoms with Gasteiger partial charge in [-0.2, -0.15) is 5.06 Å². The van der Waals surface area contributed by atoms with Gasteiger partial charge in [-0.3, -0.25) is 23.7 Å². The van der Waals surface area contributed by atoms with Gasteiger partial charge in [0, 0.05) is 12.2 Å². The summed E-state index contributed by atoms with van der Waals surface area (Å²) in [4.78, 5) is 70.0. The first-order valence-corrected chi connectivity index (χ1v) is 21.2. The van der Waals surface area contributed by atoms with Crippen molar-refractivity contribution < 1.29 is 47.1 Å². The zero-order chi connectivity index (χ0) is 41.2. The maximum Gasteiger partial charge on any atom is 0.363 e. The standard InChI is InChI=1S/C42H51N4O10P/c1-5-8-11-20-33(35(6-2)46(29-47)56-42(51)31-18-14-10-15-19-31)39(48)43-27-44-41(50)37-24-23-36(55-37)32-21-22-34(38(25-32)53-7-3)40(49)45-28-57(4,52)54-26-30-16-12-9-13-17-30/h9-10,12-19,21-25,29,33,35H,5-8,11,20,26-28H2,1-4H3,(H,43,48)(H,44,50)(H,45,49)/t33-,35-,57?/m1/s1. The number of rotatable bonds is 23. The summed E-state index contributed by atoms with van der Waals surface area (Å²) in [5.74, 6) is -2.41. The van der Waals surface area contributed by atoms with Gasteiger partial charge in [0.1, 0.15) is 11.5 Å². The topological polar surface area (TPSA) is 183 Å². The van der Waals surface area contributed by atoms with Gasteiger partial charge in [0.15, 0.2) is 5.76 Å². The van der Waals surface area contributed by atoms with Crippen molar-refractivity contribution >= 4 is 37.5 Å². The smallest absolute Gasteiger partial charge is 0.363 e. The van der Waals surface area contributed by atoms with Crippen LogP contribution >= 0.6 is 7.37 Å². The molecule has 3 atom stereocenters. The molecule has 1 heterocycles. The summed E-state index contributed by atoms with van der Waals surface area (Å²) in [6.45, 7) is 7.24. The second kappa shape index (κ2) is 22.1. The van der Waals surface area contributed by atoms with Gasteiger partial charge in [-0.15, -0.1) is 0 Å². The minimum Gasteiger partial charge on any atom is -0.493 e. The lowest BCUT2D eigenvalue weighted by Crippen LogP contribution is -2.49. The van der Waals surface area contributed by atoms with E-state index in [9.17, 15) is 28.5 Å². The number of carbonyl (C=O) groups excluding carboxylic acids is 5. The fourth-order valence-corrected chi connectivity index (χ4v) is 6.91. The molecule has 0 fully saturated rings. The zero-order valence-electron chi connectivity index (χ0n) is 32.7. The number of carbonyl (C=O) groups is 5. The van der Waals surface area contributed by atoms with E-state index in [0.29, 0.717) is 37.0 Å². The van der Waals surface area contributed by atoms with Gasteiger partial charge in [-0.25, -0.2) is 4.79 Å². The summed E-state index contributed by atoms with van der Waals surface area (Å²) in [5, 5.41) is 8.93. The number of nitrogens with one attached hydrogen (secondary N) is 3. The number of amides is 4. The van der Waals surface area contributed by atoms with Gasteiger partial charge in [0.25, 0.3) is 11.8 Å². The summed E-state index contributed by atoms with van der Waals surface area (Å²) >= 11 is 0. The van der Waals surface area contributed by atoms with E-state index in [4.69, 9.17) is 18.5 Å². The van der Waals surface area contributed by atoms with Crippen molar-refractivity contribution in [3.63, 3.8) is 0 Å². The first kappa shape index (κ1) is 44.0. The van der Waals surface area contributed by atoms with Crippen molar-refractivity contribution in [2.45, 2.75) is 65.5 Å². The SMILES string of the molecule is CCCCC[C@@H](C(=O)NCNC(=O)c1ccc(-c2ccc(C(=O)NCP(C)(=O)OCc3ccccc3)c(OCC)c2)o1)[C@@H](CC)N(C=O)OC(=O)c1ccccc1. The molecule has 1 aromatic heterocycles. The van der Waals surface area contributed by atoms with Crippen LogP contribution in [0.25, 0.3) is 11.3 Å². The van der Waals surface area contributed by atoms with Crippen LogP contribution < -0.4 is 20.7 Å². The van der Waals surface area contributed by atoms with Crippen LogP contribution in [-0.4, -0.2) is 67.4 Å². The molecule has 0 spiro atoms. The molecule has 14 nitrogen and oxygen atoms in total. The molecule has 304 valence electrons. The fourth-order valence-electron chi connectivity index (χ4n) is 5.97. The van der Waals surface area contributed by atoms with Crippen LogP contribution in [0, 0.1) is 5.92 Å². The quantitative estimate of drug-likeness (QED) is 0.0229. The van der Waals surface area contributed by atoms with Crippen LogP contribution in [0.3, 0.4) is 0 Å². The number of nitrogens with zero attached hydrogens (tertiary/aromatic N) is 1. The van der Waals surface area contributed by atoms with Crippen LogP contribution in [0.5, 0.6) is 5.75 Å². The van der Waals surface area contributed by atoms with Crippen molar-refractivity contribution in [2.24, 2.45) is 5.92 Å². The lowest BCUT2D eigenvalue weighted by Gasteiger charge is -2.31. The second-order valence-electron chi connectivity index (χ2n) is 13.3. The zero-order valence-corrected chi connectivity index (χ0v) is 33.6. The highest BCUT2D eigenvalue weighted by atomic mass is 31.2. The summed E-state index contributed by atoms with van der Waals surface area (Å²) in [6, 6.07) is 24.7. The van der Waals surface area contributed by atoms with E-state index < -0.39 is 43.0 Å². The first-order chi connectivity index (χ1) is 27.5.